The van der Waals surface area contributed by atoms with Crippen LogP contribution >= 0.6 is 0 Å². The standard InChI is InChI=1S/C18H24O2/c1-9-4-5-10(2)18(3)15(9)16(19)13-11-6-7-12(8-11)14(13)17(18)20/h4-5,9-15H,6-8H2,1-3H3/t9-,10+,11-,12+,13?,14?,15-,18+/m0/s1. The van der Waals surface area contributed by atoms with Crippen LogP contribution in [0.1, 0.15) is 40.0 Å². The Morgan fingerprint density at radius 1 is 1.05 bits per heavy atom. The van der Waals surface area contributed by atoms with Crippen LogP contribution < -0.4 is 0 Å². The summed E-state index contributed by atoms with van der Waals surface area (Å²) < 4.78 is 0. The molecule has 2 nitrogen and oxygen atoms in total. The minimum Gasteiger partial charge on any atom is -0.299 e. The second kappa shape index (κ2) is 3.84. The lowest BCUT2D eigenvalue weighted by atomic mass is 9.48. The van der Waals surface area contributed by atoms with Crippen molar-refractivity contribution >= 4 is 11.6 Å². The SMILES string of the molecule is C[C@@H]1C=C[C@H](C)[C@H]2C(=O)C3C(C(=O)[C@]12C)[C@@H]1CC[C@H]3C1. The van der Waals surface area contributed by atoms with Crippen LogP contribution in [0.15, 0.2) is 12.2 Å². The molecule has 108 valence electrons. The van der Waals surface area contributed by atoms with E-state index < -0.39 is 5.41 Å². The number of carbonyl (C=O) groups is 2. The van der Waals surface area contributed by atoms with Gasteiger partial charge in [0.2, 0.25) is 0 Å². The van der Waals surface area contributed by atoms with Gasteiger partial charge in [0, 0.05) is 23.2 Å². The van der Waals surface area contributed by atoms with Crippen LogP contribution in [0.5, 0.6) is 0 Å². The third-order valence-electron chi connectivity index (χ3n) is 7.21. The van der Waals surface area contributed by atoms with Crippen LogP contribution in [0.3, 0.4) is 0 Å². The van der Waals surface area contributed by atoms with Crippen molar-refractivity contribution in [2.24, 2.45) is 46.8 Å². The lowest BCUT2D eigenvalue weighted by Crippen LogP contribution is -2.60. The van der Waals surface area contributed by atoms with Crippen molar-refractivity contribution in [2.75, 3.05) is 0 Å². The molecule has 0 heterocycles. The van der Waals surface area contributed by atoms with Gasteiger partial charge in [-0.1, -0.05) is 32.9 Å². The summed E-state index contributed by atoms with van der Waals surface area (Å²) in [7, 11) is 0. The van der Waals surface area contributed by atoms with Crippen molar-refractivity contribution < 1.29 is 9.59 Å². The van der Waals surface area contributed by atoms with E-state index in [1.807, 2.05) is 0 Å². The Hall–Kier alpha value is -0.920. The molecule has 0 N–H and O–H groups in total. The average Bonchev–Trinajstić information content (AvgIpc) is 3.01. The van der Waals surface area contributed by atoms with Gasteiger partial charge in [0.25, 0.3) is 0 Å². The van der Waals surface area contributed by atoms with Gasteiger partial charge in [-0.25, -0.2) is 0 Å². The highest BCUT2D eigenvalue weighted by Crippen LogP contribution is 2.62. The maximum Gasteiger partial charge on any atom is 0.144 e. The summed E-state index contributed by atoms with van der Waals surface area (Å²) in [5.74, 6) is 2.33. The summed E-state index contributed by atoms with van der Waals surface area (Å²) in [6, 6.07) is 0. The van der Waals surface area contributed by atoms with E-state index in [0.29, 0.717) is 23.4 Å². The maximum atomic E-state index is 13.3. The summed E-state index contributed by atoms with van der Waals surface area (Å²) >= 11 is 0. The van der Waals surface area contributed by atoms with Crippen LogP contribution in [-0.4, -0.2) is 11.6 Å². The predicted molar refractivity (Wildman–Crippen MR) is 76.9 cm³/mol. The highest BCUT2D eigenvalue weighted by atomic mass is 16.1. The average molecular weight is 272 g/mol. The zero-order chi connectivity index (χ0) is 14.2. The van der Waals surface area contributed by atoms with Crippen molar-refractivity contribution in [3.63, 3.8) is 0 Å². The second-order valence-electron chi connectivity index (χ2n) is 7.94. The molecule has 0 spiro atoms. The number of Topliss-reactive ketones (excluding diaryl/α,β-unsaturated/α-hetero) is 2. The molecule has 0 aliphatic heterocycles. The molecule has 2 heteroatoms. The van der Waals surface area contributed by atoms with E-state index in [0.717, 1.165) is 6.42 Å². The number of rotatable bonds is 0. The smallest absolute Gasteiger partial charge is 0.144 e. The Balaban J connectivity index is 1.85. The van der Waals surface area contributed by atoms with E-state index in [1.54, 1.807) is 0 Å². The monoisotopic (exact) mass is 272 g/mol. The minimum atomic E-state index is -0.448. The first-order chi connectivity index (χ1) is 9.46. The van der Waals surface area contributed by atoms with Crippen LogP contribution in [0.4, 0.5) is 0 Å². The summed E-state index contributed by atoms with van der Waals surface area (Å²) in [6.07, 6.45) is 7.81. The summed E-state index contributed by atoms with van der Waals surface area (Å²) in [5.41, 5.74) is -0.448. The van der Waals surface area contributed by atoms with Gasteiger partial charge in [0.15, 0.2) is 0 Å². The number of fused-ring (bicyclic) bond motifs is 6. The fourth-order valence-corrected chi connectivity index (χ4v) is 6.06. The molecule has 0 radical (unpaired) electrons. The molecule has 0 aromatic rings. The van der Waals surface area contributed by atoms with E-state index in [4.69, 9.17) is 0 Å². The van der Waals surface area contributed by atoms with Gasteiger partial charge in [-0.15, -0.1) is 0 Å². The van der Waals surface area contributed by atoms with E-state index in [2.05, 4.69) is 32.9 Å². The van der Waals surface area contributed by atoms with Gasteiger partial charge < -0.3 is 0 Å². The Morgan fingerprint density at radius 2 is 1.70 bits per heavy atom. The van der Waals surface area contributed by atoms with Gasteiger partial charge in [0.05, 0.1) is 0 Å². The Bertz CT molecular complexity index is 520. The molecule has 4 rings (SSSR count). The topological polar surface area (TPSA) is 34.1 Å². The second-order valence-corrected chi connectivity index (χ2v) is 7.94. The Labute approximate surface area is 121 Å². The molecule has 4 aliphatic carbocycles. The Kier molecular flexibility index (Phi) is 2.45. The van der Waals surface area contributed by atoms with Gasteiger partial charge in [-0.05, 0) is 42.9 Å². The lowest BCUT2D eigenvalue weighted by Gasteiger charge is -2.52. The Morgan fingerprint density at radius 3 is 2.40 bits per heavy atom. The van der Waals surface area contributed by atoms with Crippen molar-refractivity contribution in [3.05, 3.63) is 12.2 Å². The molecule has 20 heavy (non-hydrogen) atoms. The molecule has 0 amide bonds. The zero-order valence-electron chi connectivity index (χ0n) is 12.6. The van der Waals surface area contributed by atoms with Crippen LogP contribution in [0.25, 0.3) is 0 Å². The first-order valence-electron chi connectivity index (χ1n) is 8.22. The molecule has 2 unspecified atom stereocenters. The van der Waals surface area contributed by atoms with Crippen molar-refractivity contribution in [1.29, 1.82) is 0 Å². The van der Waals surface area contributed by atoms with Gasteiger partial charge in [-0.3, -0.25) is 9.59 Å². The van der Waals surface area contributed by atoms with E-state index in [1.165, 1.54) is 12.8 Å². The van der Waals surface area contributed by atoms with Crippen LogP contribution in [0.2, 0.25) is 0 Å². The van der Waals surface area contributed by atoms with Crippen molar-refractivity contribution in [1.82, 2.24) is 0 Å². The largest absolute Gasteiger partial charge is 0.299 e. The molecule has 2 bridgehead atoms. The molecule has 0 aromatic carbocycles. The first kappa shape index (κ1) is 12.8. The molecular weight excluding hydrogens is 248 g/mol. The van der Waals surface area contributed by atoms with Gasteiger partial charge in [-0.2, -0.15) is 0 Å². The van der Waals surface area contributed by atoms with E-state index >= 15 is 0 Å². The maximum absolute atomic E-state index is 13.3. The number of allylic oxidation sites excluding steroid dienone is 2. The van der Waals surface area contributed by atoms with Crippen molar-refractivity contribution in [2.45, 2.75) is 40.0 Å². The molecule has 3 fully saturated rings. The summed E-state index contributed by atoms with van der Waals surface area (Å²) in [5, 5.41) is 0. The number of hydrogen-bond donors (Lipinski definition) is 0. The fraction of sp³-hybridized carbons (Fsp3) is 0.778. The van der Waals surface area contributed by atoms with Crippen LogP contribution in [-0.2, 0) is 9.59 Å². The van der Waals surface area contributed by atoms with Gasteiger partial charge >= 0.3 is 0 Å². The number of hydrogen-bond acceptors (Lipinski definition) is 2. The quantitative estimate of drug-likeness (QED) is 0.634. The number of ketones is 2. The first-order valence-corrected chi connectivity index (χ1v) is 8.22. The van der Waals surface area contributed by atoms with Crippen molar-refractivity contribution in [3.8, 4) is 0 Å². The summed E-state index contributed by atoms with van der Waals surface area (Å²) in [6.45, 7) is 6.31. The van der Waals surface area contributed by atoms with Crippen LogP contribution in [0, 0.1) is 46.8 Å². The normalized spacial score (nSPS) is 56.9. The zero-order valence-corrected chi connectivity index (χ0v) is 12.6. The molecule has 0 aromatic heterocycles. The molecule has 3 saturated carbocycles. The predicted octanol–water partition coefficient (Wildman–Crippen LogP) is 3.27. The molecule has 4 aliphatic rings. The minimum absolute atomic E-state index is 0.0589. The third kappa shape index (κ3) is 1.27. The molecule has 0 saturated heterocycles. The molecule has 8 atom stereocenters. The van der Waals surface area contributed by atoms with E-state index in [9.17, 15) is 9.59 Å². The lowest BCUT2D eigenvalue weighted by molar-refractivity contribution is -0.162. The highest BCUT2D eigenvalue weighted by molar-refractivity contribution is 6.03. The number of carbonyl (C=O) groups excluding carboxylic acids is 2. The summed E-state index contributed by atoms with van der Waals surface area (Å²) in [4.78, 5) is 26.4. The van der Waals surface area contributed by atoms with E-state index in [-0.39, 0.29) is 29.6 Å². The third-order valence-corrected chi connectivity index (χ3v) is 7.21. The van der Waals surface area contributed by atoms with Gasteiger partial charge in [0.1, 0.15) is 11.6 Å². The fourth-order valence-electron chi connectivity index (χ4n) is 6.06. The highest BCUT2D eigenvalue weighted by Gasteiger charge is 2.66. The molecular formula is C18H24O2.